The van der Waals surface area contributed by atoms with Gasteiger partial charge in [-0.05, 0) is 32.0 Å². The molecular formula is C18H15F3N4O5. The van der Waals surface area contributed by atoms with Gasteiger partial charge in [-0.25, -0.2) is 4.79 Å². The van der Waals surface area contributed by atoms with E-state index in [0.29, 0.717) is 0 Å². The zero-order chi connectivity index (χ0) is 22.1. The van der Waals surface area contributed by atoms with Gasteiger partial charge in [0.05, 0.1) is 12.2 Å². The topological polar surface area (TPSA) is 116 Å². The van der Waals surface area contributed by atoms with E-state index in [1.807, 2.05) is 0 Å². The molecule has 0 spiro atoms. The van der Waals surface area contributed by atoms with Crippen molar-refractivity contribution in [2.45, 2.75) is 26.6 Å². The predicted molar refractivity (Wildman–Crippen MR) is 96.8 cm³/mol. The number of anilines is 1. The average molecular weight is 424 g/mol. The molecule has 0 unspecified atom stereocenters. The third-order valence-electron chi connectivity index (χ3n) is 4.03. The second-order valence-corrected chi connectivity index (χ2v) is 6.11. The van der Waals surface area contributed by atoms with Crippen LogP contribution in [0, 0.1) is 6.92 Å². The number of amides is 1. The van der Waals surface area contributed by atoms with E-state index in [-0.39, 0.29) is 34.9 Å². The number of rotatable bonds is 5. The Balaban J connectivity index is 1.90. The lowest BCUT2D eigenvalue weighted by atomic mass is 10.2. The number of halogens is 3. The van der Waals surface area contributed by atoms with Crippen LogP contribution in [-0.2, 0) is 22.3 Å². The van der Waals surface area contributed by atoms with Gasteiger partial charge in [0.1, 0.15) is 17.8 Å². The second-order valence-electron chi connectivity index (χ2n) is 6.11. The van der Waals surface area contributed by atoms with Crippen molar-refractivity contribution in [3.05, 3.63) is 51.7 Å². The molecule has 3 rings (SSSR count). The van der Waals surface area contributed by atoms with Crippen molar-refractivity contribution in [1.29, 1.82) is 0 Å². The summed E-state index contributed by atoms with van der Waals surface area (Å²) in [5.41, 5.74) is -2.38. The lowest BCUT2D eigenvalue weighted by molar-refractivity contribution is -0.137. The average Bonchev–Trinajstić information content (AvgIpc) is 3.09. The first kappa shape index (κ1) is 21.0. The third kappa shape index (κ3) is 4.16. The molecule has 0 radical (unpaired) electrons. The van der Waals surface area contributed by atoms with Crippen LogP contribution in [0.3, 0.4) is 0 Å². The molecule has 0 aliphatic carbocycles. The summed E-state index contributed by atoms with van der Waals surface area (Å²) in [6.07, 6.45) is -4.57. The van der Waals surface area contributed by atoms with Crippen LogP contribution in [0.5, 0.6) is 0 Å². The van der Waals surface area contributed by atoms with Crippen LogP contribution in [0.2, 0.25) is 0 Å². The molecule has 3 aromatic rings. The largest absolute Gasteiger partial charge is 0.461 e. The van der Waals surface area contributed by atoms with Crippen LogP contribution in [0.25, 0.3) is 11.1 Å². The number of aryl methyl sites for hydroxylation is 1. The Morgan fingerprint density at radius 1 is 1.30 bits per heavy atom. The first-order valence-electron chi connectivity index (χ1n) is 8.63. The van der Waals surface area contributed by atoms with E-state index in [0.717, 1.165) is 22.8 Å². The Morgan fingerprint density at radius 3 is 2.70 bits per heavy atom. The van der Waals surface area contributed by atoms with Crippen LogP contribution in [0.15, 0.2) is 33.6 Å². The van der Waals surface area contributed by atoms with E-state index in [4.69, 9.17) is 9.26 Å². The molecule has 30 heavy (non-hydrogen) atoms. The van der Waals surface area contributed by atoms with Crippen molar-refractivity contribution in [3.8, 4) is 0 Å². The molecule has 0 atom stereocenters. The summed E-state index contributed by atoms with van der Waals surface area (Å²) in [6.45, 7) is 2.47. The number of fused-ring (bicyclic) bond motifs is 1. The number of benzene rings is 1. The van der Waals surface area contributed by atoms with Gasteiger partial charge in [-0.3, -0.25) is 14.2 Å². The number of aromatic nitrogens is 3. The van der Waals surface area contributed by atoms with Gasteiger partial charge >= 0.3 is 12.1 Å². The lowest BCUT2D eigenvalue weighted by Crippen LogP contribution is -2.30. The van der Waals surface area contributed by atoms with Gasteiger partial charge in [0.2, 0.25) is 11.6 Å². The maximum Gasteiger partial charge on any atom is 0.416 e. The number of nitrogens with zero attached hydrogens (tertiary/aromatic N) is 3. The molecule has 1 amide bonds. The fourth-order valence-corrected chi connectivity index (χ4v) is 2.68. The number of carbonyl (C=O) groups is 2. The predicted octanol–water partition coefficient (Wildman–Crippen LogP) is 2.53. The Labute approximate surface area is 166 Å². The number of hydrogen-bond donors (Lipinski definition) is 1. The smallest absolute Gasteiger partial charge is 0.416 e. The van der Waals surface area contributed by atoms with E-state index in [1.165, 1.54) is 13.0 Å². The van der Waals surface area contributed by atoms with Gasteiger partial charge in [-0.15, -0.1) is 0 Å². The molecule has 1 aromatic carbocycles. The van der Waals surface area contributed by atoms with Crippen LogP contribution in [0.1, 0.15) is 28.8 Å². The van der Waals surface area contributed by atoms with Gasteiger partial charge in [0.15, 0.2) is 0 Å². The van der Waals surface area contributed by atoms with Crippen LogP contribution >= 0.6 is 0 Å². The van der Waals surface area contributed by atoms with E-state index in [2.05, 4.69) is 15.5 Å². The summed E-state index contributed by atoms with van der Waals surface area (Å²) < 4.78 is 49.1. The minimum Gasteiger partial charge on any atom is -0.461 e. The number of ether oxygens (including phenoxy) is 1. The third-order valence-corrected chi connectivity index (χ3v) is 4.03. The van der Waals surface area contributed by atoms with Crippen LogP contribution in [0.4, 0.5) is 18.9 Å². The molecular weight excluding hydrogens is 409 g/mol. The Bertz CT molecular complexity index is 1180. The first-order valence-corrected chi connectivity index (χ1v) is 8.63. The van der Waals surface area contributed by atoms with Gasteiger partial charge in [0, 0.05) is 5.69 Å². The molecule has 2 heterocycles. The van der Waals surface area contributed by atoms with Crippen molar-refractivity contribution < 1.29 is 32.0 Å². The molecule has 0 aliphatic heterocycles. The van der Waals surface area contributed by atoms with Crippen LogP contribution in [-0.4, -0.2) is 33.2 Å². The molecule has 12 heteroatoms. The molecule has 1 N–H and O–H groups in total. The van der Waals surface area contributed by atoms with Crippen LogP contribution < -0.4 is 10.9 Å². The molecule has 0 aliphatic rings. The normalized spacial score (nSPS) is 11.5. The molecule has 0 saturated heterocycles. The highest BCUT2D eigenvalue weighted by Gasteiger charge is 2.30. The number of alkyl halides is 3. The van der Waals surface area contributed by atoms with Gasteiger partial charge in [-0.2, -0.15) is 18.2 Å². The minimum atomic E-state index is -4.57. The highest BCUT2D eigenvalue weighted by molar-refractivity contribution is 6.00. The summed E-state index contributed by atoms with van der Waals surface area (Å²) in [7, 11) is 0. The van der Waals surface area contributed by atoms with E-state index in [9.17, 15) is 27.6 Å². The van der Waals surface area contributed by atoms with Gasteiger partial charge in [-0.1, -0.05) is 11.2 Å². The molecule has 158 valence electrons. The lowest BCUT2D eigenvalue weighted by Gasteiger charge is -2.11. The highest BCUT2D eigenvalue weighted by atomic mass is 19.4. The fraction of sp³-hybridized carbons (Fsp3) is 0.278. The summed E-state index contributed by atoms with van der Waals surface area (Å²) in [6, 6.07) is 4.06. The number of nitrogens with one attached hydrogen (secondary N) is 1. The van der Waals surface area contributed by atoms with Crippen molar-refractivity contribution >= 4 is 28.7 Å². The SMILES string of the molecule is CCOC(=O)c1noc2nc(C)n(CC(=O)Nc3cccc(C(F)(F)F)c3)c(=O)c12. The number of hydrogen-bond acceptors (Lipinski definition) is 7. The van der Waals surface area contributed by atoms with Crippen molar-refractivity contribution in [2.24, 2.45) is 0 Å². The second kappa shape index (κ2) is 7.97. The van der Waals surface area contributed by atoms with E-state index >= 15 is 0 Å². The van der Waals surface area contributed by atoms with Gasteiger partial charge in [0.25, 0.3) is 11.3 Å². The van der Waals surface area contributed by atoms with E-state index < -0.39 is 35.7 Å². The summed E-state index contributed by atoms with van der Waals surface area (Å²) >= 11 is 0. The van der Waals surface area contributed by atoms with E-state index in [1.54, 1.807) is 6.92 Å². The molecule has 0 saturated carbocycles. The Hall–Kier alpha value is -3.70. The molecule has 9 nitrogen and oxygen atoms in total. The monoisotopic (exact) mass is 424 g/mol. The molecule has 0 fully saturated rings. The maximum absolute atomic E-state index is 12.8. The fourth-order valence-electron chi connectivity index (χ4n) is 2.68. The quantitative estimate of drug-likeness (QED) is 0.626. The van der Waals surface area contributed by atoms with Crippen molar-refractivity contribution in [2.75, 3.05) is 11.9 Å². The zero-order valence-corrected chi connectivity index (χ0v) is 15.7. The first-order chi connectivity index (χ1) is 14.1. The summed E-state index contributed by atoms with van der Waals surface area (Å²) in [5, 5.41) is 5.55. The van der Waals surface area contributed by atoms with Crippen molar-refractivity contribution in [3.63, 3.8) is 0 Å². The minimum absolute atomic E-state index is 0.0417. The Kier molecular flexibility index (Phi) is 5.58. The molecule has 2 aromatic heterocycles. The number of esters is 1. The summed E-state index contributed by atoms with van der Waals surface area (Å²) in [5.74, 6) is -1.58. The molecule has 0 bridgehead atoms. The standard InChI is InChI=1S/C18H15F3N4O5/c1-3-29-17(28)14-13-15(30-24-14)22-9(2)25(16(13)27)8-12(26)23-11-6-4-5-10(7-11)18(19,20)21/h4-7H,3,8H2,1-2H3,(H,23,26). The van der Waals surface area contributed by atoms with Gasteiger partial charge < -0.3 is 14.6 Å². The Morgan fingerprint density at radius 2 is 2.03 bits per heavy atom. The number of carbonyl (C=O) groups excluding carboxylic acids is 2. The van der Waals surface area contributed by atoms with Crippen molar-refractivity contribution in [1.82, 2.24) is 14.7 Å². The summed E-state index contributed by atoms with van der Waals surface area (Å²) in [4.78, 5) is 41.1. The highest BCUT2D eigenvalue weighted by Crippen LogP contribution is 2.30. The maximum atomic E-state index is 12.8. The zero-order valence-electron chi connectivity index (χ0n) is 15.7.